The number of hydrogen-bond donors (Lipinski definition) is 1. The molecule has 1 amide bonds. The third kappa shape index (κ3) is 2.60. The highest BCUT2D eigenvalue weighted by molar-refractivity contribution is 6.31. The van der Waals surface area contributed by atoms with Crippen LogP contribution in [0.1, 0.15) is 29.6 Å². The molecule has 1 unspecified atom stereocenters. The number of carboxylic acids is 1. The van der Waals surface area contributed by atoms with Crippen LogP contribution in [0, 0.1) is 11.6 Å². The number of carboxylic acid groups (broad SMARTS) is 1. The fraction of sp³-hybridized carbons (Fsp3) is 0.385. The van der Waals surface area contributed by atoms with Crippen LogP contribution in [-0.4, -0.2) is 34.5 Å². The average Bonchev–Trinajstić information content (AvgIpc) is 2.44. The van der Waals surface area contributed by atoms with Gasteiger partial charge in [0.05, 0.1) is 5.56 Å². The van der Waals surface area contributed by atoms with Gasteiger partial charge in [-0.1, -0.05) is 11.6 Å². The lowest BCUT2D eigenvalue weighted by molar-refractivity contribution is -0.143. The SMILES string of the molecule is O=C(O)C1CCCCN1C(=O)c1ccc(F)c(Cl)c1F. The van der Waals surface area contributed by atoms with Crippen LogP contribution in [0.5, 0.6) is 0 Å². The quantitative estimate of drug-likeness (QED) is 0.855. The lowest BCUT2D eigenvalue weighted by atomic mass is 10.0. The summed E-state index contributed by atoms with van der Waals surface area (Å²) in [4.78, 5) is 24.5. The summed E-state index contributed by atoms with van der Waals surface area (Å²) in [7, 11) is 0. The van der Waals surface area contributed by atoms with Crippen molar-refractivity contribution in [2.45, 2.75) is 25.3 Å². The van der Waals surface area contributed by atoms with E-state index in [1.165, 1.54) is 0 Å². The Labute approximate surface area is 118 Å². The lowest BCUT2D eigenvalue weighted by Gasteiger charge is -2.33. The van der Waals surface area contributed by atoms with Crippen molar-refractivity contribution in [2.75, 3.05) is 6.54 Å². The number of likely N-dealkylation sites (tertiary alicyclic amines) is 1. The first kappa shape index (κ1) is 14.7. The lowest BCUT2D eigenvalue weighted by Crippen LogP contribution is -2.48. The van der Waals surface area contributed by atoms with E-state index in [4.69, 9.17) is 16.7 Å². The molecule has 1 N–H and O–H groups in total. The van der Waals surface area contributed by atoms with Crippen LogP contribution < -0.4 is 0 Å². The second kappa shape index (κ2) is 5.75. The van der Waals surface area contributed by atoms with Gasteiger partial charge in [-0.25, -0.2) is 13.6 Å². The standard InChI is InChI=1S/C13H12ClF2NO3/c14-10-8(15)5-4-7(11(10)16)12(18)17-6-2-1-3-9(17)13(19)20/h4-5,9H,1-3,6H2,(H,19,20). The van der Waals surface area contributed by atoms with E-state index in [9.17, 15) is 18.4 Å². The molecule has 1 heterocycles. The number of rotatable bonds is 2. The average molecular weight is 304 g/mol. The molecule has 108 valence electrons. The van der Waals surface area contributed by atoms with Gasteiger partial charge in [-0.15, -0.1) is 0 Å². The zero-order chi connectivity index (χ0) is 14.9. The second-order valence-electron chi connectivity index (χ2n) is 4.57. The number of amides is 1. The van der Waals surface area contributed by atoms with Crippen LogP contribution >= 0.6 is 11.6 Å². The number of nitrogens with zero attached hydrogens (tertiary/aromatic N) is 1. The van der Waals surface area contributed by atoms with Gasteiger partial charge in [0.1, 0.15) is 16.9 Å². The summed E-state index contributed by atoms with van der Waals surface area (Å²) >= 11 is 5.43. The van der Waals surface area contributed by atoms with E-state index < -0.39 is 40.1 Å². The van der Waals surface area contributed by atoms with Gasteiger partial charge in [-0.05, 0) is 31.4 Å². The largest absolute Gasteiger partial charge is 0.480 e. The molecule has 1 atom stereocenters. The van der Waals surface area contributed by atoms with Crippen molar-refractivity contribution in [3.05, 3.63) is 34.4 Å². The molecule has 1 aliphatic heterocycles. The van der Waals surface area contributed by atoms with Crippen molar-refractivity contribution in [2.24, 2.45) is 0 Å². The predicted molar refractivity (Wildman–Crippen MR) is 67.7 cm³/mol. The van der Waals surface area contributed by atoms with E-state index in [1.54, 1.807) is 0 Å². The van der Waals surface area contributed by atoms with E-state index in [0.717, 1.165) is 17.0 Å². The second-order valence-corrected chi connectivity index (χ2v) is 4.95. The molecule has 2 rings (SSSR count). The van der Waals surface area contributed by atoms with Crippen LogP contribution in [0.2, 0.25) is 5.02 Å². The zero-order valence-electron chi connectivity index (χ0n) is 10.4. The van der Waals surface area contributed by atoms with Gasteiger partial charge < -0.3 is 10.0 Å². The van der Waals surface area contributed by atoms with Crippen molar-refractivity contribution in [1.82, 2.24) is 4.90 Å². The molecular formula is C13H12ClF2NO3. The van der Waals surface area contributed by atoms with Crippen molar-refractivity contribution < 1.29 is 23.5 Å². The van der Waals surface area contributed by atoms with E-state index >= 15 is 0 Å². The van der Waals surface area contributed by atoms with Crippen molar-refractivity contribution in [1.29, 1.82) is 0 Å². The Morgan fingerprint density at radius 2 is 2.00 bits per heavy atom. The Balaban J connectivity index is 2.35. The van der Waals surface area contributed by atoms with Gasteiger partial charge in [0.15, 0.2) is 5.82 Å². The van der Waals surface area contributed by atoms with E-state index in [-0.39, 0.29) is 6.54 Å². The Hall–Kier alpha value is -1.69. The van der Waals surface area contributed by atoms with Crippen LogP contribution in [0.3, 0.4) is 0 Å². The fourth-order valence-electron chi connectivity index (χ4n) is 2.28. The highest BCUT2D eigenvalue weighted by atomic mass is 35.5. The van der Waals surface area contributed by atoms with E-state index in [2.05, 4.69) is 0 Å². The molecule has 0 spiro atoms. The van der Waals surface area contributed by atoms with Gasteiger partial charge >= 0.3 is 5.97 Å². The molecule has 0 aliphatic carbocycles. The van der Waals surface area contributed by atoms with E-state index in [1.807, 2.05) is 0 Å². The summed E-state index contributed by atoms with van der Waals surface area (Å²) < 4.78 is 26.9. The number of piperidine rings is 1. The minimum Gasteiger partial charge on any atom is -0.480 e. The maximum absolute atomic E-state index is 13.8. The van der Waals surface area contributed by atoms with Crippen LogP contribution in [-0.2, 0) is 4.79 Å². The third-order valence-electron chi connectivity index (χ3n) is 3.31. The first-order valence-electron chi connectivity index (χ1n) is 6.10. The Kier molecular flexibility index (Phi) is 4.23. The number of halogens is 3. The van der Waals surface area contributed by atoms with Gasteiger partial charge in [-0.2, -0.15) is 0 Å². The molecule has 1 saturated heterocycles. The monoisotopic (exact) mass is 303 g/mol. The molecule has 0 aromatic heterocycles. The maximum atomic E-state index is 13.8. The molecule has 0 bridgehead atoms. The predicted octanol–water partition coefficient (Wildman–Crippen LogP) is 2.70. The molecule has 4 nitrogen and oxygen atoms in total. The minimum atomic E-state index is -1.16. The van der Waals surface area contributed by atoms with E-state index in [0.29, 0.717) is 19.3 Å². The molecule has 0 radical (unpaired) electrons. The molecule has 1 aliphatic rings. The van der Waals surface area contributed by atoms with Crippen LogP contribution in [0.25, 0.3) is 0 Å². The summed E-state index contributed by atoms with van der Waals surface area (Å²) in [5, 5.41) is 8.33. The van der Waals surface area contributed by atoms with Crippen molar-refractivity contribution in [3.63, 3.8) is 0 Å². The zero-order valence-corrected chi connectivity index (χ0v) is 11.2. The number of hydrogen-bond acceptors (Lipinski definition) is 2. The summed E-state index contributed by atoms with van der Waals surface area (Å²) in [5.74, 6) is -4.04. The summed E-state index contributed by atoms with van der Waals surface area (Å²) in [6.45, 7) is 0.226. The molecule has 7 heteroatoms. The molecule has 20 heavy (non-hydrogen) atoms. The molecule has 1 aromatic rings. The summed E-state index contributed by atoms with van der Waals surface area (Å²) in [5.41, 5.74) is -0.412. The molecular weight excluding hydrogens is 292 g/mol. The number of carbonyl (C=O) groups is 2. The smallest absolute Gasteiger partial charge is 0.326 e. The Bertz CT molecular complexity index is 565. The number of benzene rings is 1. The number of carbonyl (C=O) groups excluding carboxylic acids is 1. The highest BCUT2D eigenvalue weighted by Gasteiger charge is 2.34. The van der Waals surface area contributed by atoms with Gasteiger partial charge in [-0.3, -0.25) is 4.79 Å². The first-order valence-corrected chi connectivity index (χ1v) is 6.48. The summed E-state index contributed by atoms with van der Waals surface area (Å²) in [6, 6.07) is 0.879. The molecule has 1 aromatic carbocycles. The van der Waals surface area contributed by atoms with Gasteiger partial charge in [0.2, 0.25) is 0 Å². The van der Waals surface area contributed by atoms with Crippen molar-refractivity contribution >= 4 is 23.5 Å². The topological polar surface area (TPSA) is 57.6 Å². The first-order chi connectivity index (χ1) is 9.43. The van der Waals surface area contributed by atoms with Crippen molar-refractivity contribution in [3.8, 4) is 0 Å². The fourth-order valence-corrected chi connectivity index (χ4v) is 2.44. The maximum Gasteiger partial charge on any atom is 0.326 e. The van der Waals surface area contributed by atoms with Crippen LogP contribution in [0.15, 0.2) is 12.1 Å². The van der Waals surface area contributed by atoms with Gasteiger partial charge in [0, 0.05) is 6.54 Å². The highest BCUT2D eigenvalue weighted by Crippen LogP contribution is 2.25. The Morgan fingerprint density at radius 1 is 1.30 bits per heavy atom. The third-order valence-corrected chi connectivity index (χ3v) is 3.66. The minimum absolute atomic E-state index is 0.226. The Morgan fingerprint density at radius 3 is 2.65 bits per heavy atom. The number of aliphatic carboxylic acids is 1. The molecule has 0 saturated carbocycles. The van der Waals surface area contributed by atoms with Gasteiger partial charge in [0.25, 0.3) is 5.91 Å². The summed E-state index contributed by atoms with van der Waals surface area (Å²) in [6.07, 6.45) is 1.65. The van der Waals surface area contributed by atoms with Crippen LogP contribution in [0.4, 0.5) is 8.78 Å². The molecule has 1 fully saturated rings. The normalized spacial score (nSPS) is 18.9.